The molecule has 2 aromatic rings. The molecule has 0 saturated carbocycles. The smallest absolute Gasteiger partial charge is 0.269 e. The van der Waals surface area contributed by atoms with Crippen LogP contribution in [0, 0.1) is 0 Å². The number of nitrogens with zero attached hydrogens (tertiary/aromatic N) is 1. The molecule has 0 atom stereocenters. The van der Waals surface area contributed by atoms with Crippen LogP contribution >= 0.6 is 28.6 Å². The number of H-pyrrole nitrogens is 1. The SMILES string of the molecule is O=C(NCCCS)/C(Cc1c[nH]c2ccc(Br)cc12)=N/O. The van der Waals surface area contributed by atoms with Crippen molar-refractivity contribution in [3.63, 3.8) is 0 Å². The van der Waals surface area contributed by atoms with Gasteiger partial charge in [-0.15, -0.1) is 0 Å². The van der Waals surface area contributed by atoms with Gasteiger partial charge in [-0.2, -0.15) is 12.6 Å². The standard InChI is InChI=1S/C14H16BrN3O2S/c15-10-2-3-12-11(7-10)9(8-17-12)6-13(18-20)14(19)16-4-1-5-21/h2-3,7-8,17,20-21H,1,4-6H2,(H,16,19)/b18-13+. The van der Waals surface area contributed by atoms with E-state index in [-0.39, 0.29) is 18.0 Å². The van der Waals surface area contributed by atoms with Crippen molar-refractivity contribution in [2.45, 2.75) is 12.8 Å². The van der Waals surface area contributed by atoms with E-state index >= 15 is 0 Å². The van der Waals surface area contributed by atoms with Gasteiger partial charge in [0.2, 0.25) is 0 Å². The molecule has 1 aromatic heterocycles. The van der Waals surface area contributed by atoms with Crippen LogP contribution in [0.15, 0.2) is 34.0 Å². The van der Waals surface area contributed by atoms with Crippen molar-refractivity contribution >= 4 is 51.1 Å². The van der Waals surface area contributed by atoms with E-state index in [0.29, 0.717) is 12.3 Å². The van der Waals surface area contributed by atoms with Gasteiger partial charge in [-0.1, -0.05) is 21.1 Å². The van der Waals surface area contributed by atoms with Gasteiger partial charge < -0.3 is 15.5 Å². The van der Waals surface area contributed by atoms with Crippen LogP contribution in [0.3, 0.4) is 0 Å². The van der Waals surface area contributed by atoms with E-state index in [1.807, 2.05) is 24.4 Å². The summed E-state index contributed by atoms with van der Waals surface area (Å²) in [4.78, 5) is 15.1. The number of carbonyl (C=O) groups excluding carboxylic acids is 1. The number of rotatable bonds is 6. The topological polar surface area (TPSA) is 77.5 Å². The second kappa shape index (κ2) is 7.51. The van der Waals surface area contributed by atoms with Crippen LogP contribution in [-0.2, 0) is 11.2 Å². The fourth-order valence-corrected chi connectivity index (χ4v) is 2.54. The van der Waals surface area contributed by atoms with E-state index in [2.05, 4.69) is 44.0 Å². The maximum absolute atomic E-state index is 11.9. The lowest BCUT2D eigenvalue weighted by Gasteiger charge is -2.05. The van der Waals surface area contributed by atoms with Crippen molar-refractivity contribution in [3.05, 3.63) is 34.4 Å². The van der Waals surface area contributed by atoms with Crippen molar-refractivity contribution in [1.82, 2.24) is 10.3 Å². The second-order valence-electron chi connectivity index (χ2n) is 4.56. The minimum absolute atomic E-state index is 0.0926. The molecule has 0 aliphatic heterocycles. The van der Waals surface area contributed by atoms with Crippen LogP contribution in [0.25, 0.3) is 10.9 Å². The summed E-state index contributed by atoms with van der Waals surface area (Å²) in [6.45, 7) is 0.515. The Balaban J connectivity index is 2.14. The van der Waals surface area contributed by atoms with E-state index in [9.17, 15) is 4.79 Å². The van der Waals surface area contributed by atoms with Crippen LogP contribution in [0.1, 0.15) is 12.0 Å². The molecule has 0 bridgehead atoms. The van der Waals surface area contributed by atoms with Gasteiger partial charge in [-0.3, -0.25) is 4.79 Å². The number of aromatic amines is 1. The van der Waals surface area contributed by atoms with E-state index in [4.69, 9.17) is 5.21 Å². The molecule has 0 unspecified atom stereocenters. The van der Waals surface area contributed by atoms with Crippen molar-refractivity contribution in [2.24, 2.45) is 5.16 Å². The highest BCUT2D eigenvalue weighted by Crippen LogP contribution is 2.23. The lowest BCUT2D eigenvalue weighted by atomic mass is 10.1. The number of thiol groups is 1. The highest BCUT2D eigenvalue weighted by molar-refractivity contribution is 9.10. The van der Waals surface area contributed by atoms with Crippen LogP contribution in [-0.4, -0.2) is 34.1 Å². The minimum atomic E-state index is -0.358. The number of aromatic nitrogens is 1. The zero-order valence-electron chi connectivity index (χ0n) is 11.3. The number of oxime groups is 1. The van der Waals surface area contributed by atoms with E-state index < -0.39 is 0 Å². The highest BCUT2D eigenvalue weighted by atomic mass is 79.9. The first-order valence-electron chi connectivity index (χ1n) is 6.51. The van der Waals surface area contributed by atoms with Crippen molar-refractivity contribution in [3.8, 4) is 0 Å². The number of nitrogens with one attached hydrogen (secondary N) is 2. The summed E-state index contributed by atoms with van der Waals surface area (Å²) in [6, 6.07) is 5.86. The normalized spacial score (nSPS) is 11.8. The molecule has 0 fully saturated rings. The number of benzene rings is 1. The molecule has 2 rings (SSSR count). The molecule has 0 radical (unpaired) electrons. The Hall–Kier alpha value is -1.47. The molecule has 1 amide bonds. The van der Waals surface area contributed by atoms with Crippen molar-refractivity contribution < 1.29 is 10.0 Å². The molecule has 1 heterocycles. The average Bonchev–Trinajstić information content (AvgIpc) is 2.87. The molecule has 0 saturated heterocycles. The van der Waals surface area contributed by atoms with Gasteiger partial charge in [-0.25, -0.2) is 0 Å². The zero-order valence-corrected chi connectivity index (χ0v) is 13.7. The van der Waals surface area contributed by atoms with Gasteiger partial charge in [0.25, 0.3) is 5.91 Å². The van der Waals surface area contributed by atoms with Gasteiger partial charge in [0.15, 0.2) is 0 Å². The van der Waals surface area contributed by atoms with E-state index in [0.717, 1.165) is 27.4 Å². The van der Waals surface area contributed by atoms with Gasteiger partial charge in [0.1, 0.15) is 5.71 Å². The molecule has 5 nitrogen and oxygen atoms in total. The maximum Gasteiger partial charge on any atom is 0.269 e. The molecule has 112 valence electrons. The molecule has 0 aliphatic carbocycles. The van der Waals surface area contributed by atoms with Crippen LogP contribution in [0.5, 0.6) is 0 Å². The third-order valence-electron chi connectivity index (χ3n) is 3.09. The van der Waals surface area contributed by atoms with E-state index in [1.165, 1.54) is 0 Å². The van der Waals surface area contributed by atoms with Crippen molar-refractivity contribution in [2.75, 3.05) is 12.3 Å². The lowest BCUT2D eigenvalue weighted by molar-refractivity contribution is -0.115. The Labute approximate surface area is 136 Å². The summed E-state index contributed by atoms with van der Waals surface area (Å²) < 4.78 is 0.955. The number of carbonyl (C=O) groups is 1. The Morgan fingerprint density at radius 1 is 1.48 bits per heavy atom. The fourth-order valence-electron chi connectivity index (χ4n) is 2.02. The van der Waals surface area contributed by atoms with Gasteiger partial charge >= 0.3 is 0 Å². The molecular weight excluding hydrogens is 354 g/mol. The third-order valence-corrected chi connectivity index (χ3v) is 3.90. The van der Waals surface area contributed by atoms with E-state index in [1.54, 1.807) is 0 Å². The summed E-state index contributed by atoms with van der Waals surface area (Å²) in [5.41, 5.74) is 1.97. The minimum Gasteiger partial charge on any atom is -0.410 e. The third kappa shape index (κ3) is 4.01. The summed E-state index contributed by atoms with van der Waals surface area (Å²) in [5, 5.41) is 15.9. The average molecular weight is 370 g/mol. The number of hydrogen-bond acceptors (Lipinski definition) is 4. The summed E-state index contributed by atoms with van der Waals surface area (Å²) in [7, 11) is 0. The molecule has 21 heavy (non-hydrogen) atoms. The highest BCUT2D eigenvalue weighted by Gasteiger charge is 2.15. The molecule has 7 heteroatoms. The first-order chi connectivity index (χ1) is 10.2. The molecule has 3 N–H and O–H groups in total. The first kappa shape index (κ1) is 15.9. The Morgan fingerprint density at radius 2 is 2.29 bits per heavy atom. The predicted molar refractivity (Wildman–Crippen MR) is 90.4 cm³/mol. The quantitative estimate of drug-likeness (QED) is 0.208. The second-order valence-corrected chi connectivity index (χ2v) is 5.92. The molecule has 0 aliphatic rings. The zero-order chi connectivity index (χ0) is 15.2. The number of halogens is 1. The first-order valence-corrected chi connectivity index (χ1v) is 7.93. The van der Waals surface area contributed by atoms with Crippen LogP contribution in [0.2, 0.25) is 0 Å². The van der Waals surface area contributed by atoms with Gasteiger partial charge in [0, 0.05) is 34.5 Å². The molecular formula is C14H16BrN3O2S. The summed E-state index contributed by atoms with van der Waals surface area (Å²) in [5.74, 6) is 0.339. The number of fused-ring (bicyclic) bond motifs is 1. The van der Waals surface area contributed by atoms with Crippen LogP contribution < -0.4 is 5.32 Å². The van der Waals surface area contributed by atoms with Crippen molar-refractivity contribution in [1.29, 1.82) is 0 Å². The van der Waals surface area contributed by atoms with Gasteiger partial charge in [0.05, 0.1) is 0 Å². The lowest BCUT2D eigenvalue weighted by Crippen LogP contribution is -2.33. The predicted octanol–water partition coefficient (Wildman–Crippen LogP) is 2.74. The largest absolute Gasteiger partial charge is 0.410 e. The Morgan fingerprint density at radius 3 is 3.00 bits per heavy atom. The summed E-state index contributed by atoms with van der Waals surface area (Å²) >= 11 is 7.51. The van der Waals surface area contributed by atoms with Gasteiger partial charge in [-0.05, 0) is 35.9 Å². The Bertz CT molecular complexity index is 669. The molecule has 1 aromatic carbocycles. The monoisotopic (exact) mass is 369 g/mol. The fraction of sp³-hybridized carbons (Fsp3) is 0.286. The Kier molecular flexibility index (Phi) is 5.69. The number of hydrogen-bond donors (Lipinski definition) is 4. The maximum atomic E-state index is 11.9. The molecule has 0 spiro atoms. The van der Waals surface area contributed by atoms with Crippen LogP contribution in [0.4, 0.5) is 0 Å². The summed E-state index contributed by atoms with van der Waals surface area (Å²) in [6.07, 6.45) is 2.86. The number of amides is 1.